The van der Waals surface area contributed by atoms with Gasteiger partial charge in [0.1, 0.15) is 0 Å². The van der Waals surface area contributed by atoms with E-state index in [9.17, 15) is 0 Å². The predicted molar refractivity (Wildman–Crippen MR) is 112 cm³/mol. The number of hydrazine groups is 1. The molecule has 3 nitrogen and oxygen atoms in total. The minimum absolute atomic E-state index is 0.787. The standard InChI is InChI=1S/C21H29N3S/c1-3-5-17-23(18-6-4-2)21(25)22-24(19-13-9-7-10-14-19)20-15-11-8-12-16-20/h7-16H,3-6,17-18H2,1-2H3,(H,22,25). The third kappa shape index (κ3) is 6.05. The topological polar surface area (TPSA) is 18.5 Å². The fraction of sp³-hybridized carbons (Fsp3) is 0.381. The van der Waals surface area contributed by atoms with Gasteiger partial charge in [0.25, 0.3) is 0 Å². The van der Waals surface area contributed by atoms with E-state index in [1.54, 1.807) is 0 Å². The molecule has 0 heterocycles. The van der Waals surface area contributed by atoms with Gasteiger partial charge in [-0.1, -0.05) is 63.1 Å². The molecule has 0 spiro atoms. The van der Waals surface area contributed by atoms with Crippen molar-refractivity contribution in [2.75, 3.05) is 18.1 Å². The summed E-state index contributed by atoms with van der Waals surface area (Å²) in [6, 6.07) is 20.6. The van der Waals surface area contributed by atoms with Crippen molar-refractivity contribution in [3.05, 3.63) is 60.7 Å². The summed E-state index contributed by atoms with van der Waals surface area (Å²) in [6.07, 6.45) is 4.66. The Kier molecular flexibility index (Phi) is 8.26. The van der Waals surface area contributed by atoms with Crippen LogP contribution in [0.5, 0.6) is 0 Å². The highest BCUT2D eigenvalue weighted by Gasteiger charge is 2.14. The fourth-order valence-corrected chi connectivity index (χ4v) is 2.89. The first-order valence-corrected chi connectivity index (χ1v) is 9.62. The van der Waals surface area contributed by atoms with Gasteiger partial charge in [-0.15, -0.1) is 0 Å². The highest BCUT2D eigenvalue weighted by molar-refractivity contribution is 7.80. The molecular weight excluding hydrogens is 326 g/mol. The van der Waals surface area contributed by atoms with Crippen LogP contribution in [0.1, 0.15) is 39.5 Å². The van der Waals surface area contributed by atoms with Crippen LogP contribution in [0.3, 0.4) is 0 Å². The second-order valence-electron chi connectivity index (χ2n) is 6.12. The number of nitrogens with zero attached hydrogens (tertiary/aromatic N) is 2. The lowest BCUT2D eigenvalue weighted by atomic mass is 10.2. The van der Waals surface area contributed by atoms with Crippen LogP contribution < -0.4 is 10.4 Å². The lowest BCUT2D eigenvalue weighted by molar-refractivity contribution is 0.392. The predicted octanol–water partition coefficient (Wildman–Crippen LogP) is 5.52. The van der Waals surface area contributed by atoms with Crippen LogP contribution in [0.2, 0.25) is 0 Å². The Balaban J connectivity index is 2.18. The molecule has 4 heteroatoms. The van der Waals surface area contributed by atoms with Crippen molar-refractivity contribution >= 4 is 28.7 Å². The van der Waals surface area contributed by atoms with Crippen LogP contribution in [0.25, 0.3) is 0 Å². The molecular formula is C21H29N3S. The average Bonchev–Trinajstić information content (AvgIpc) is 2.67. The van der Waals surface area contributed by atoms with E-state index < -0.39 is 0 Å². The van der Waals surface area contributed by atoms with Crippen molar-refractivity contribution in [2.45, 2.75) is 39.5 Å². The summed E-state index contributed by atoms with van der Waals surface area (Å²) >= 11 is 5.75. The Morgan fingerprint density at radius 2 is 1.24 bits per heavy atom. The highest BCUT2D eigenvalue weighted by atomic mass is 32.1. The number of thiocarbonyl (C=S) groups is 1. The first kappa shape index (κ1) is 19.3. The van der Waals surface area contributed by atoms with Gasteiger partial charge in [-0.25, -0.2) is 0 Å². The third-order valence-corrected chi connectivity index (χ3v) is 4.44. The van der Waals surface area contributed by atoms with Crippen molar-refractivity contribution in [2.24, 2.45) is 0 Å². The Labute approximate surface area is 157 Å². The van der Waals surface area contributed by atoms with Crippen LogP contribution in [0.4, 0.5) is 11.4 Å². The van der Waals surface area contributed by atoms with Gasteiger partial charge in [-0.05, 0) is 49.3 Å². The minimum atomic E-state index is 0.787. The van der Waals surface area contributed by atoms with Gasteiger partial charge >= 0.3 is 0 Å². The second kappa shape index (κ2) is 10.7. The number of rotatable bonds is 9. The van der Waals surface area contributed by atoms with Crippen LogP contribution in [0, 0.1) is 0 Å². The van der Waals surface area contributed by atoms with E-state index in [1.165, 1.54) is 12.8 Å². The molecule has 0 aliphatic rings. The third-order valence-electron chi connectivity index (χ3n) is 4.09. The van der Waals surface area contributed by atoms with Crippen LogP contribution in [-0.2, 0) is 0 Å². The summed E-state index contributed by atoms with van der Waals surface area (Å²) in [4.78, 5) is 2.29. The van der Waals surface area contributed by atoms with Gasteiger partial charge in [0.2, 0.25) is 0 Å². The summed E-state index contributed by atoms with van der Waals surface area (Å²) in [5.41, 5.74) is 5.60. The Morgan fingerprint density at radius 3 is 1.64 bits per heavy atom. The molecule has 0 aromatic heterocycles. The molecule has 0 saturated carbocycles. The van der Waals surface area contributed by atoms with Crippen molar-refractivity contribution < 1.29 is 0 Å². The summed E-state index contributed by atoms with van der Waals surface area (Å²) in [5, 5.41) is 2.85. The molecule has 134 valence electrons. The molecule has 0 radical (unpaired) electrons. The van der Waals surface area contributed by atoms with Crippen molar-refractivity contribution in [3.8, 4) is 0 Å². The maximum Gasteiger partial charge on any atom is 0.188 e. The summed E-state index contributed by atoms with van der Waals surface area (Å²) in [5.74, 6) is 0. The highest BCUT2D eigenvalue weighted by Crippen LogP contribution is 2.22. The molecule has 25 heavy (non-hydrogen) atoms. The Hall–Kier alpha value is -2.07. The first-order valence-electron chi connectivity index (χ1n) is 9.22. The van der Waals surface area contributed by atoms with E-state index in [0.29, 0.717) is 0 Å². The van der Waals surface area contributed by atoms with Gasteiger partial charge in [0, 0.05) is 13.1 Å². The van der Waals surface area contributed by atoms with E-state index in [0.717, 1.165) is 42.4 Å². The molecule has 0 amide bonds. The molecule has 0 unspecified atom stereocenters. The number of hydrogen-bond acceptors (Lipinski definition) is 2. The fourth-order valence-electron chi connectivity index (χ4n) is 2.61. The average molecular weight is 356 g/mol. The molecule has 0 bridgehead atoms. The van der Waals surface area contributed by atoms with E-state index in [-0.39, 0.29) is 0 Å². The molecule has 1 N–H and O–H groups in total. The number of anilines is 2. The normalized spacial score (nSPS) is 10.3. The van der Waals surface area contributed by atoms with Crippen LogP contribution >= 0.6 is 12.2 Å². The minimum Gasteiger partial charge on any atom is -0.348 e. The zero-order chi connectivity index (χ0) is 17.9. The van der Waals surface area contributed by atoms with Crippen molar-refractivity contribution in [1.29, 1.82) is 0 Å². The van der Waals surface area contributed by atoms with Crippen molar-refractivity contribution in [3.63, 3.8) is 0 Å². The number of nitrogens with one attached hydrogen (secondary N) is 1. The van der Waals surface area contributed by atoms with Crippen LogP contribution in [-0.4, -0.2) is 23.1 Å². The Bertz CT molecular complexity index is 568. The zero-order valence-corrected chi connectivity index (χ0v) is 16.1. The van der Waals surface area contributed by atoms with Gasteiger partial charge in [-0.3, -0.25) is 10.4 Å². The lowest BCUT2D eigenvalue weighted by Gasteiger charge is -2.32. The van der Waals surface area contributed by atoms with Crippen LogP contribution in [0.15, 0.2) is 60.7 Å². The number of hydrogen-bond donors (Lipinski definition) is 1. The lowest BCUT2D eigenvalue weighted by Crippen LogP contribution is -2.47. The number of benzene rings is 2. The van der Waals surface area contributed by atoms with E-state index in [1.807, 2.05) is 36.4 Å². The first-order chi connectivity index (χ1) is 12.3. The smallest absolute Gasteiger partial charge is 0.188 e. The largest absolute Gasteiger partial charge is 0.348 e. The molecule has 2 aromatic carbocycles. The van der Waals surface area contributed by atoms with Gasteiger partial charge in [-0.2, -0.15) is 0 Å². The monoisotopic (exact) mass is 355 g/mol. The molecule has 0 saturated heterocycles. The quantitative estimate of drug-likeness (QED) is 0.471. The van der Waals surface area contributed by atoms with Gasteiger partial charge in [0.15, 0.2) is 5.11 Å². The summed E-state index contributed by atoms with van der Waals surface area (Å²) in [6.45, 7) is 6.43. The van der Waals surface area contributed by atoms with Gasteiger partial charge in [0.05, 0.1) is 11.4 Å². The van der Waals surface area contributed by atoms with Gasteiger partial charge < -0.3 is 4.90 Å². The number of para-hydroxylation sites is 2. The van der Waals surface area contributed by atoms with Crippen molar-refractivity contribution in [1.82, 2.24) is 10.3 Å². The maximum atomic E-state index is 5.75. The molecule has 2 rings (SSSR count). The van der Waals surface area contributed by atoms with E-state index in [4.69, 9.17) is 12.2 Å². The Morgan fingerprint density at radius 1 is 0.800 bits per heavy atom. The number of unbranched alkanes of at least 4 members (excludes halogenated alkanes) is 2. The summed E-state index contributed by atoms with van der Waals surface area (Å²) in [7, 11) is 0. The molecule has 0 fully saturated rings. The molecule has 0 aliphatic heterocycles. The second-order valence-corrected chi connectivity index (χ2v) is 6.50. The molecule has 2 aromatic rings. The SMILES string of the molecule is CCCCN(CCCC)C(=S)NN(c1ccccc1)c1ccccc1. The zero-order valence-electron chi connectivity index (χ0n) is 15.3. The summed E-state index contributed by atoms with van der Waals surface area (Å²) < 4.78 is 0. The maximum absolute atomic E-state index is 5.75. The van der Waals surface area contributed by atoms with E-state index >= 15 is 0 Å². The van der Waals surface area contributed by atoms with E-state index in [2.05, 4.69) is 53.4 Å². The molecule has 0 atom stereocenters. The molecule has 0 aliphatic carbocycles.